The summed E-state index contributed by atoms with van der Waals surface area (Å²) in [7, 11) is 4.04. The Labute approximate surface area is 150 Å². The van der Waals surface area contributed by atoms with Crippen molar-refractivity contribution in [1.29, 1.82) is 0 Å². The van der Waals surface area contributed by atoms with Crippen LogP contribution < -0.4 is 10.6 Å². The molecular formula is C17H32N6S. The molecule has 0 bridgehead atoms. The first-order valence-electron chi connectivity index (χ1n) is 8.94. The number of hydrogen-bond acceptors (Lipinski definition) is 5. The van der Waals surface area contributed by atoms with E-state index in [1.165, 1.54) is 32.6 Å². The van der Waals surface area contributed by atoms with Crippen LogP contribution in [0.25, 0.3) is 0 Å². The first kappa shape index (κ1) is 19.1. The molecule has 1 aromatic heterocycles. The Morgan fingerprint density at radius 3 is 2.83 bits per heavy atom. The summed E-state index contributed by atoms with van der Waals surface area (Å²) in [6, 6.07) is 0. The third-order valence-corrected chi connectivity index (χ3v) is 5.14. The molecule has 6 nitrogen and oxygen atoms in total. The maximum absolute atomic E-state index is 4.48. The second-order valence-electron chi connectivity index (χ2n) is 6.39. The summed E-state index contributed by atoms with van der Waals surface area (Å²) in [5, 5.41) is 10.0. The molecule has 136 valence electrons. The number of aromatic nitrogens is 1. The van der Waals surface area contributed by atoms with Gasteiger partial charge in [-0.1, -0.05) is 0 Å². The molecule has 2 rings (SSSR count). The second kappa shape index (κ2) is 10.6. The SMILES string of the molecule is CN=C(NCCCN1CCCN(C)CC1)NCCc1csc(C)n1. The van der Waals surface area contributed by atoms with Crippen LogP contribution in [0.4, 0.5) is 0 Å². The number of nitrogens with one attached hydrogen (secondary N) is 2. The molecule has 1 aliphatic heterocycles. The molecule has 0 amide bonds. The Hall–Kier alpha value is -1.18. The zero-order valence-corrected chi connectivity index (χ0v) is 16.2. The molecule has 0 aromatic carbocycles. The Balaban J connectivity index is 1.56. The van der Waals surface area contributed by atoms with Crippen molar-refractivity contribution in [3.63, 3.8) is 0 Å². The van der Waals surface area contributed by atoms with Crippen molar-refractivity contribution in [3.8, 4) is 0 Å². The van der Waals surface area contributed by atoms with Crippen molar-refractivity contribution >= 4 is 17.3 Å². The standard InChI is InChI=1S/C17H32N6S/c1-15-21-16(14-24-15)6-8-20-17(18-2)19-7-4-10-23-11-5-9-22(3)12-13-23/h14H,4-13H2,1-3H3,(H2,18,19,20). The van der Waals surface area contributed by atoms with Crippen LogP contribution in [0.5, 0.6) is 0 Å². The van der Waals surface area contributed by atoms with Crippen LogP contribution in [-0.2, 0) is 6.42 Å². The molecule has 1 aromatic rings. The van der Waals surface area contributed by atoms with E-state index in [0.717, 1.165) is 49.1 Å². The van der Waals surface area contributed by atoms with Crippen LogP contribution >= 0.6 is 11.3 Å². The molecule has 1 saturated heterocycles. The second-order valence-corrected chi connectivity index (χ2v) is 7.45. The Morgan fingerprint density at radius 2 is 2.08 bits per heavy atom. The van der Waals surface area contributed by atoms with E-state index in [2.05, 4.69) is 42.8 Å². The predicted molar refractivity (Wildman–Crippen MR) is 103 cm³/mol. The zero-order chi connectivity index (χ0) is 17.2. The maximum atomic E-state index is 4.48. The quantitative estimate of drug-likeness (QED) is 0.439. The van der Waals surface area contributed by atoms with Gasteiger partial charge in [0, 0.05) is 45.0 Å². The maximum Gasteiger partial charge on any atom is 0.190 e. The van der Waals surface area contributed by atoms with E-state index < -0.39 is 0 Å². The molecule has 0 radical (unpaired) electrons. The molecule has 0 unspecified atom stereocenters. The fourth-order valence-electron chi connectivity index (χ4n) is 2.89. The van der Waals surface area contributed by atoms with Crippen molar-refractivity contribution in [3.05, 3.63) is 16.1 Å². The topological polar surface area (TPSA) is 55.8 Å². The van der Waals surface area contributed by atoms with Gasteiger partial charge in [-0.05, 0) is 46.4 Å². The highest BCUT2D eigenvalue weighted by atomic mass is 32.1. The molecule has 2 heterocycles. The van der Waals surface area contributed by atoms with Crippen LogP contribution in [0.2, 0.25) is 0 Å². The molecule has 0 spiro atoms. The van der Waals surface area contributed by atoms with Gasteiger partial charge in [-0.3, -0.25) is 4.99 Å². The molecule has 0 atom stereocenters. The Kier molecular flexibility index (Phi) is 8.49. The highest BCUT2D eigenvalue weighted by Gasteiger charge is 2.11. The first-order chi connectivity index (χ1) is 11.7. The average molecular weight is 353 g/mol. The smallest absolute Gasteiger partial charge is 0.190 e. The van der Waals surface area contributed by atoms with Gasteiger partial charge in [-0.15, -0.1) is 11.3 Å². The van der Waals surface area contributed by atoms with Gasteiger partial charge in [0.15, 0.2) is 5.96 Å². The Bertz CT molecular complexity index is 501. The normalized spacial score (nSPS) is 17.7. The lowest BCUT2D eigenvalue weighted by atomic mass is 10.3. The lowest BCUT2D eigenvalue weighted by molar-refractivity contribution is 0.274. The molecular weight excluding hydrogens is 320 g/mol. The highest BCUT2D eigenvalue weighted by molar-refractivity contribution is 7.09. The monoisotopic (exact) mass is 352 g/mol. The van der Waals surface area contributed by atoms with Gasteiger partial charge in [0.1, 0.15) is 0 Å². The van der Waals surface area contributed by atoms with Gasteiger partial charge in [-0.25, -0.2) is 4.98 Å². The van der Waals surface area contributed by atoms with E-state index in [1.54, 1.807) is 11.3 Å². The summed E-state index contributed by atoms with van der Waals surface area (Å²) >= 11 is 1.71. The Morgan fingerprint density at radius 1 is 1.25 bits per heavy atom. The highest BCUT2D eigenvalue weighted by Crippen LogP contribution is 2.07. The number of nitrogens with zero attached hydrogens (tertiary/aromatic N) is 4. The van der Waals surface area contributed by atoms with E-state index in [0.29, 0.717) is 0 Å². The minimum atomic E-state index is 0.862. The van der Waals surface area contributed by atoms with Gasteiger partial charge in [0.05, 0.1) is 10.7 Å². The lowest BCUT2D eigenvalue weighted by Gasteiger charge is -2.20. The van der Waals surface area contributed by atoms with E-state index in [1.807, 2.05) is 14.0 Å². The summed E-state index contributed by atoms with van der Waals surface area (Å²) in [6.45, 7) is 9.86. The molecule has 7 heteroatoms. The van der Waals surface area contributed by atoms with E-state index in [-0.39, 0.29) is 0 Å². The van der Waals surface area contributed by atoms with Gasteiger partial charge in [0.25, 0.3) is 0 Å². The van der Waals surface area contributed by atoms with E-state index in [9.17, 15) is 0 Å². The zero-order valence-electron chi connectivity index (χ0n) is 15.3. The minimum Gasteiger partial charge on any atom is -0.356 e. The fourth-order valence-corrected chi connectivity index (χ4v) is 3.53. The summed E-state index contributed by atoms with van der Waals surface area (Å²) in [4.78, 5) is 13.8. The summed E-state index contributed by atoms with van der Waals surface area (Å²) in [5.41, 5.74) is 1.16. The number of likely N-dealkylation sites (N-methyl/N-ethyl adjacent to an activating group) is 1. The van der Waals surface area contributed by atoms with Crippen LogP contribution in [0.1, 0.15) is 23.5 Å². The van der Waals surface area contributed by atoms with Crippen LogP contribution in [0.3, 0.4) is 0 Å². The number of aliphatic imine (C=N–C) groups is 1. The summed E-state index contributed by atoms with van der Waals surface area (Å²) in [6.07, 6.45) is 3.37. The van der Waals surface area contributed by atoms with Crippen LogP contribution in [0.15, 0.2) is 10.4 Å². The molecule has 1 fully saturated rings. The molecule has 0 aliphatic carbocycles. The summed E-state index contributed by atoms with van der Waals surface area (Å²) < 4.78 is 0. The third kappa shape index (κ3) is 7.15. The number of hydrogen-bond donors (Lipinski definition) is 2. The number of thiazole rings is 1. The molecule has 1 aliphatic rings. The van der Waals surface area contributed by atoms with Gasteiger partial charge >= 0.3 is 0 Å². The molecule has 2 N–H and O–H groups in total. The van der Waals surface area contributed by atoms with Gasteiger partial charge in [0.2, 0.25) is 0 Å². The van der Waals surface area contributed by atoms with Crippen molar-refractivity contribution in [2.24, 2.45) is 4.99 Å². The number of aryl methyl sites for hydroxylation is 1. The summed E-state index contributed by atoms with van der Waals surface area (Å²) in [5.74, 6) is 0.887. The van der Waals surface area contributed by atoms with Crippen molar-refractivity contribution in [2.75, 3.05) is 59.9 Å². The number of guanidine groups is 1. The van der Waals surface area contributed by atoms with Crippen LogP contribution in [-0.4, -0.2) is 80.7 Å². The van der Waals surface area contributed by atoms with E-state index in [4.69, 9.17) is 0 Å². The first-order valence-corrected chi connectivity index (χ1v) is 9.82. The predicted octanol–water partition coefficient (Wildman–Crippen LogP) is 1.19. The third-order valence-electron chi connectivity index (χ3n) is 4.32. The van der Waals surface area contributed by atoms with E-state index >= 15 is 0 Å². The average Bonchev–Trinajstić information content (AvgIpc) is 2.87. The lowest BCUT2D eigenvalue weighted by Crippen LogP contribution is -2.40. The molecule has 0 saturated carbocycles. The van der Waals surface area contributed by atoms with Crippen molar-refractivity contribution in [1.82, 2.24) is 25.4 Å². The van der Waals surface area contributed by atoms with Crippen molar-refractivity contribution in [2.45, 2.75) is 26.2 Å². The van der Waals surface area contributed by atoms with Gasteiger partial charge in [-0.2, -0.15) is 0 Å². The minimum absolute atomic E-state index is 0.862. The van der Waals surface area contributed by atoms with Gasteiger partial charge < -0.3 is 20.4 Å². The molecule has 24 heavy (non-hydrogen) atoms. The largest absolute Gasteiger partial charge is 0.356 e. The van der Waals surface area contributed by atoms with Crippen molar-refractivity contribution < 1.29 is 0 Å². The van der Waals surface area contributed by atoms with Crippen LogP contribution in [0, 0.1) is 6.92 Å². The number of rotatable bonds is 7. The fraction of sp³-hybridized carbons (Fsp3) is 0.765.